The molecule has 1 aromatic carbocycles. The molecule has 0 fully saturated rings. The molecule has 0 aliphatic carbocycles. The van der Waals surface area contributed by atoms with E-state index in [1.54, 1.807) is 19.2 Å². The molecule has 18 heavy (non-hydrogen) atoms. The fraction of sp³-hybridized carbons (Fsp3) is 0.250. The largest absolute Gasteiger partial charge is 0.496 e. The van der Waals surface area contributed by atoms with Crippen LogP contribution in [0.25, 0.3) is 0 Å². The molecule has 2 N–H and O–H groups in total. The van der Waals surface area contributed by atoms with Gasteiger partial charge in [0.1, 0.15) is 17.9 Å². The molecule has 1 amide bonds. The topological polar surface area (TPSA) is 79.9 Å². The lowest BCUT2D eigenvalue weighted by atomic mass is 10.1. The number of hydrogen-bond acceptors (Lipinski definition) is 4. The van der Waals surface area contributed by atoms with E-state index >= 15 is 0 Å². The van der Waals surface area contributed by atoms with Crippen LogP contribution in [0.1, 0.15) is 21.7 Å². The number of carbonyl (C=O) groups is 1. The van der Waals surface area contributed by atoms with Gasteiger partial charge in [0.15, 0.2) is 0 Å². The average molecular weight is 246 g/mol. The van der Waals surface area contributed by atoms with Crippen molar-refractivity contribution in [3.8, 4) is 5.75 Å². The van der Waals surface area contributed by atoms with Crippen LogP contribution in [0.3, 0.4) is 0 Å². The lowest BCUT2D eigenvalue weighted by Gasteiger charge is -2.07. The first-order chi connectivity index (χ1) is 8.70. The number of benzene rings is 1. The fourth-order valence-corrected chi connectivity index (χ4v) is 1.54. The zero-order chi connectivity index (χ0) is 13.0. The van der Waals surface area contributed by atoms with Crippen LogP contribution in [0.2, 0.25) is 0 Å². The first-order valence-electron chi connectivity index (χ1n) is 5.48. The van der Waals surface area contributed by atoms with E-state index < -0.39 is 0 Å². The van der Waals surface area contributed by atoms with Crippen molar-refractivity contribution in [1.82, 2.24) is 20.5 Å². The van der Waals surface area contributed by atoms with Gasteiger partial charge in [-0.25, -0.2) is 4.98 Å². The van der Waals surface area contributed by atoms with Crippen LogP contribution in [0.4, 0.5) is 0 Å². The Hall–Kier alpha value is -2.37. The van der Waals surface area contributed by atoms with Crippen molar-refractivity contribution in [2.24, 2.45) is 0 Å². The van der Waals surface area contributed by atoms with Crippen LogP contribution in [0.15, 0.2) is 24.5 Å². The number of aryl methyl sites for hydroxylation is 1. The summed E-state index contributed by atoms with van der Waals surface area (Å²) in [5.41, 5.74) is 1.54. The smallest absolute Gasteiger partial charge is 0.251 e. The molecule has 2 aromatic rings. The van der Waals surface area contributed by atoms with Gasteiger partial charge in [0.05, 0.1) is 13.7 Å². The molecular weight excluding hydrogens is 232 g/mol. The van der Waals surface area contributed by atoms with Crippen LogP contribution in [-0.4, -0.2) is 28.2 Å². The maximum absolute atomic E-state index is 11.9. The third kappa shape index (κ3) is 2.65. The van der Waals surface area contributed by atoms with Crippen molar-refractivity contribution in [3.05, 3.63) is 41.5 Å². The Morgan fingerprint density at radius 2 is 2.33 bits per heavy atom. The van der Waals surface area contributed by atoms with Crippen molar-refractivity contribution in [3.63, 3.8) is 0 Å². The Morgan fingerprint density at radius 3 is 3.00 bits per heavy atom. The van der Waals surface area contributed by atoms with Gasteiger partial charge in [-0.15, -0.1) is 0 Å². The molecule has 2 rings (SSSR count). The number of H-pyrrole nitrogens is 1. The van der Waals surface area contributed by atoms with E-state index in [4.69, 9.17) is 4.74 Å². The highest BCUT2D eigenvalue weighted by atomic mass is 16.5. The molecule has 0 bridgehead atoms. The molecular formula is C12H14N4O2. The molecule has 1 heterocycles. The van der Waals surface area contributed by atoms with E-state index in [0.717, 1.165) is 5.56 Å². The fourth-order valence-electron chi connectivity index (χ4n) is 1.54. The predicted octanol–water partition coefficient (Wildman–Crippen LogP) is 1.05. The van der Waals surface area contributed by atoms with Gasteiger partial charge in [0, 0.05) is 5.56 Å². The van der Waals surface area contributed by atoms with Crippen LogP contribution < -0.4 is 10.1 Å². The van der Waals surface area contributed by atoms with Gasteiger partial charge < -0.3 is 10.1 Å². The predicted molar refractivity (Wildman–Crippen MR) is 65.3 cm³/mol. The van der Waals surface area contributed by atoms with Crippen molar-refractivity contribution in [2.45, 2.75) is 13.5 Å². The lowest BCUT2D eigenvalue weighted by molar-refractivity contribution is 0.0949. The van der Waals surface area contributed by atoms with Gasteiger partial charge in [-0.1, -0.05) is 6.07 Å². The molecule has 6 heteroatoms. The normalized spacial score (nSPS) is 10.1. The highest BCUT2D eigenvalue weighted by Crippen LogP contribution is 2.18. The highest BCUT2D eigenvalue weighted by Gasteiger charge is 2.08. The Morgan fingerprint density at radius 1 is 1.50 bits per heavy atom. The summed E-state index contributed by atoms with van der Waals surface area (Å²) in [7, 11) is 1.58. The molecule has 0 saturated carbocycles. The van der Waals surface area contributed by atoms with Gasteiger partial charge >= 0.3 is 0 Å². The van der Waals surface area contributed by atoms with Crippen molar-refractivity contribution in [1.29, 1.82) is 0 Å². The Labute approximate surface area is 104 Å². The molecule has 0 saturated heterocycles. The Kier molecular flexibility index (Phi) is 3.57. The second-order valence-corrected chi connectivity index (χ2v) is 3.80. The van der Waals surface area contributed by atoms with Gasteiger partial charge in [0.25, 0.3) is 5.91 Å². The molecule has 0 radical (unpaired) electrons. The van der Waals surface area contributed by atoms with Gasteiger partial charge in [-0.2, -0.15) is 5.10 Å². The third-order valence-electron chi connectivity index (χ3n) is 2.55. The number of amides is 1. The first kappa shape index (κ1) is 12.1. The quantitative estimate of drug-likeness (QED) is 0.845. The van der Waals surface area contributed by atoms with E-state index in [2.05, 4.69) is 20.5 Å². The molecule has 94 valence electrons. The lowest BCUT2D eigenvalue weighted by Crippen LogP contribution is -2.23. The number of rotatable bonds is 4. The first-order valence-corrected chi connectivity index (χ1v) is 5.48. The minimum Gasteiger partial charge on any atom is -0.496 e. The molecule has 1 aromatic heterocycles. The summed E-state index contributed by atoms with van der Waals surface area (Å²) < 4.78 is 5.18. The van der Waals surface area contributed by atoms with Crippen LogP contribution in [0.5, 0.6) is 5.75 Å². The standard InChI is InChI=1S/C12H14N4O2/c1-8-3-4-9(5-10(8)18-2)12(17)13-6-11-14-7-15-16-11/h3-5,7H,6H2,1-2H3,(H,13,17)(H,14,15,16). The number of aromatic amines is 1. The van der Waals surface area contributed by atoms with E-state index in [-0.39, 0.29) is 5.91 Å². The second kappa shape index (κ2) is 5.31. The zero-order valence-corrected chi connectivity index (χ0v) is 10.2. The second-order valence-electron chi connectivity index (χ2n) is 3.80. The number of nitrogens with one attached hydrogen (secondary N) is 2. The van der Waals surface area contributed by atoms with E-state index in [0.29, 0.717) is 23.7 Å². The summed E-state index contributed by atoms with van der Waals surface area (Å²) in [6.45, 7) is 2.24. The van der Waals surface area contributed by atoms with E-state index in [9.17, 15) is 4.79 Å². The molecule has 0 aliphatic rings. The number of aromatic nitrogens is 3. The Balaban J connectivity index is 2.04. The van der Waals surface area contributed by atoms with Gasteiger partial charge in [0.2, 0.25) is 0 Å². The summed E-state index contributed by atoms with van der Waals surface area (Å²) >= 11 is 0. The van der Waals surface area contributed by atoms with Crippen LogP contribution >= 0.6 is 0 Å². The molecule has 0 spiro atoms. The molecule has 0 unspecified atom stereocenters. The summed E-state index contributed by atoms with van der Waals surface area (Å²) in [5, 5.41) is 9.12. The minimum absolute atomic E-state index is 0.176. The van der Waals surface area contributed by atoms with Gasteiger partial charge in [-0.3, -0.25) is 9.89 Å². The van der Waals surface area contributed by atoms with Crippen LogP contribution in [-0.2, 0) is 6.54 Å². The zero-order valence-electron chi connectivity index (χ0n) is 10.2. The van der Waals surface area contributed by atoms with Gasteiger partial charge in [-0.05, 0) is 24.6 Å². The monoisotopic (exact) mass is 246 g/mol. The van der Waals surface area contributed by atoms with Crippen molar-refractivity contribution in [2.75, 3.05) is 7.11 Å². The maximum Gasteiger partial charge on any atom is 0.251 e. The average Bonchev–Trinajstić information content (AvgIpc) is 2.89. The Bertz CT molecular complexity index is 537. The number of nitrogens with zero attached hydrogens (tertiary/aromatic N) is 2. The van der Waals surface area contributed by atoms with E-state index in [1.165, 1.54) is 6.33 Å². The SMILES string of the molecule is COc1cc(C(=O)NCc2ncn[nH]2)ccc1C. The number of carbonyl (C=O) groups excluding carboxylic acids is 1. The van der Waals surface area contributed by atoms with Crippen molar-refractivity contribution < 1.29 is 9.53 Å². The highest BCUT2D eigenvalue weighted by molar-refractivity contribution is 5.94. The maximum atomic E-state index is 11.9. The van der Waals surface area contributed by atoms with E-state index in [1.807, 2.05) is 13.0 Å². The van der Waals surface area contributed by atoms with Crippen molar-refractivity contribution >= 4 is 5.91 Å². The summed E-state index contributed by atoms with van der Waals surface area (Å²) in [5.74, 6) is 1.13. The molecule has 0 aliphatic heterocycles. The third-order valence-corrected chi connectivity index (χ3v) is 2.55. The number of methoxy groups -OCH3 is 1. The number of ether oxygens (including phenoxy) is 1. The van der Waals surface area contributed by atoms with Crippen LogP contribution in [0, 0.1) is 6.92 Å². The minimum atomic E-state index is -0.176. The summed E-state index contributed by atoms with van der Waals surface area (Å²) in [6, 6.07) is 5.32. The number of hydrogen-bond donors (Lipinski definition) is 2. The summed E-state index contributed by atoms with van der Waals surface area (Å²) in [4.78, 5) is 15.8. The summed E-state index contributed by atoms with van der Waals surface area (Å²) in [6.07, 6.45) is 1.40. The molecule has 6 nitrogen and oxygen atoms in total. The molecule has 0 atom stereocenters.